The van der Waals surface area contributed by atoms with Gasteiger partial charge in [-0.1, -0.05) is 57.2 Å². The molecule has 1 amide bonds. The molecule has 0 saturated carbocycles. The van der Waals surface area contributed by atoms with Crippen LogP contribution in [0.2, 0.25) is 0 Å². The number of hydrogen-bond donors (Lipinski definition) is 1. The van der Waals surface area contributed by atoms with Crippen molar-refractivity contribution in [3.05, 3.63) is 77.5 Å². The molecule has 1 fully saturated rings. The smallest absolute Gasteiger partial charge is 0.281 e. The summed E-state index contributed by atoms with van der Waals surface area (Å²) >= 11 is 0. The molecule has 1 aromatic carbocycles. The normalized spacial score (nSPS) is 22.6. The van der Waals surface area contributed by atoms with Crippen LogP contribution in [0.15, 0.2) is 65.7 Å². The Labute approximate surface area is 237 Å². The molecule has 4 bridgehead atoms. The van der Waals surface area contributed by atoms with E-state index in [9.17, 15) is 13.2 Å². The lowest BCUT2D eigenvalue weighted by molar-refractivity contribution is 0.0981. The average molecular weight is 562 g/mol. The number of anilines is 2. The van der Waals surface area contributed by atoms with Gasteiger partial charge in [0.25, 0.3) is 15.9 Å². The molecule has 1 N–H and O–H groups in total. The van der Waals surface area contributed by atoms with Crippen molar-refractivity contribution in [3.63, 3.8) is 0 Å². The van der Waals surface area contributed by atoms with E-state index in [0.717, 1.165) is 37.1 Å². The predicted octanol–water partition coefficient (Wildman–Crippen LogP) is 5.47. The first-order valence-corrected chi connectivity index (χ1v) is 15.4. The molecule has 5 rings (SSSR count). The van der Waals surface area contributed by atoms with Crippen LogP contribution in [0.1, 0.15) is 81.5 Å². The van der Waals surface area contributed by atoms with Crippen molar-refractivity contribution >= 4 is 27.6 Å². The summed E-state index contributed by atoms with van der Waals surface area (Å²) in [7, 11) is -2.29. The van der Waals surface area contributed by atoms with Gasteiger partial charge in [-0.3, -0.25) is 4.79 Å². The van der Waals surface area contributed by atoms with E-state index < -0.39 is 15.9 Å². The Morgan fingerprint density at radius 3 is 2.38 bits per heavy atom. The fraction of sp³-hybridized carbons (Fsp3) is 0.452. The number of aromatic nitrogens is 2. The number of fused-ring (bicyclic) bond motifs is 6. The highest BCUT2D eigenvalue weighted by atomic mass is 32.2. The lowest BCUT2D eigenvalue weighted by atomic mass is 9.90. The minimum absolute atomic E-state index is 0.00133. The molecule has 0 aliphatic carbocycles. The van der Waals surface area contributed by atoms with Crippen molar-refractivity contribution in [1.29, 1.82) is 0 Å². The Kier molecular flexibility index (Phi) is 7.15. The van der Waals surface area contributed by atoms with Crippen molar-refractivity contribution < 1.29 is 13.2 Å². The van der Waals surface area contributed by atoms with Crippen LogP contribution in [0.25, 0.3) is 0 Å². The first-order chi connectivity index (χ1) is 18.8. The van der Waals surface area contributed by atoms with Gasteiger partial charge in [0, 0.05) is 30.2 Å². The summed E-state index contributed by atoms with van der Waals surface area (Å²) in [6.45, 7) is 11.3. The van der Waals surface area contributed by atoms with E-state index >= 15 is 0 Å². The number of sulfonamides is 1. The Morgan fingerprint density at radius 1 is 0.950 bits per heavy atom. The number of benzene rings is 1. The molecule has 2 atom stereocenters. The van der Waals surface area contributed by atoms with Crippen LogP contribution in [0.4, 0.5) is 11.6 Å². The van der Waals surface area contributed by atoms with E-state index in [1.165, 1.54) is 6.07 Å². The van der Waals surface area contributed by atoms with Crippen molar-refractivity contribution in [2.24, 2.45) is 5.92 Å². The minimum Gasteiger partial charge on any atom is -0.353 e. The van der Waals surface area contributed by atoms with E-state index in [1.807, 2.05) is 42.3 Å². The first kappa shape index (κ1) is 28.1. The molecule has 9 heteroatoms. The van der Waals surface area contributed by atoms with Crippen molar-refractivity contribution in [1.82, 2.24) is 14.7 Å². The summed E-state index contributed by atoms with van der Waals surface area (Å²) in [4.78, 5) is 27.3. The Bertz CT molecular complexity index is 1520. The maximum Gasteiger partial charge on any atom is 0.281 e. The summed E-state index contributed by atoms with van der Waals surface area (Å²) in [5.74, 6) is 0.726. The van der Waals surface area contributed by atoms with Gasteiger partial charge >= 0.3 is 0 Å². The van der Waals surface area contributed by atoms with Crippen LogP contribution in [0.5, 0.6) is 0 Å². The van der Waals surface area contributed by atoms with Gasteiger partial charge in [0.1, 0.15) is 11.6 Å². The molecule has 8 nitrogen and oxygen atoms in total. The van der Waals surface area contributed by atoms with E-state index in [0.29, 0.717) is 17.6 Å². The van der Waals surface area contributed by atoms with Crippen LogP contribution in [0.3, 0.4) is 0 Å². The third kappa shape index (κ3) is 5.44. The molecule has 1 saturated heterocycles. The van der Waals surface area contributed by atoms with Gasteiger partial charge in [0.05, 0.1) is 11.6 Å². The number of carbonyl (C=O) groups excluding carboxylic acids is 1. The fourth-order valence-electron chi connectivity index (χ4n) is 5.99. The zero-order valence-corrected chi connectivity index (χ0v) is 25.0. The molecule has 0 radical (unpaired) electrons. The van der Waals surface area contributed by atoms with Crippen molar-refractivity contribution in [2.45, 2.75) is 75.9 Å². The van der Waals surface area contributed by atoms with E-state index in [4.69, 9.17) is 4.98 Å². The second-order valence-corrected chi connectivity index (χ2v) is 14.3. The van der Waals surface area contributed by atoms with Crippen LogP contribution in [0, 0.1) is 5.92 Å². The number of rotatable bonds is 1. The van der Waals surface area contributed by atoms with Gasteiger partial charge in [0.15, 0.2) is 5.03 Å². The second kappa shape index (κ2) is 10.2. The van der Waals surface area contributed by atoms with Crippen LogP contribution in [-0.2, 0) is 15.4 Å². The van der Waals surface area contributed by atoms with Gasteiger partial charge in [-0.25, -0.2) is 14.7 Å². The summed E-state index contributed by atoms with van der Waals surface area (Å²) in [6.07, 6.45) is 2.77. The number of amides is 1. The summed E-state index contributed by atoms with van der Waals surface area (Å²) in [6, 6.07) is 18.7. The average Bonchev–Trinajstić information content (AvgIpc) is 3.21. The molecule has 212 valence electrons. The first-order valence-electron chi connectivity index (χ1n) is 13.9. The fourth-order valence-corrected chi connectivity index (χ4v) is 6.92. The SMILES string of the molecule is CN1c2cccc(n2)S(=O)(=O)NC(=O)c2ccc(C(C)(C)C)nc2N2C[C@@H](CCC1c1ccccc1)CC2(C)C. The number of hydrogen-bond acceptors (Lipinski definition) is 7. The zero-order valence-electron chi connectivity index (χ0n) is 24.2. The molecule has 2 aromatic heterocycles. The van der Waals surface area contributed by atoms with Gasteiger partial charge in [0.2, 0.25) is 0 Å². The Morgan fingerprint density at radius 2 is 1.68 bits per heavy atom. The molecule has 0 spiro atoms. The van der Waals surface area contributed by atoms with Gasteiger partial charge < -0.3 is 9.80 Å². The third-order valence-electron chi connectivity index (χ3n) is 8.18. The Balaban J connectivity index is 1.66. The van der Waals surface area contributed by atoms with Crippen molar-refractivity contribution in [2.75, 3.05) is 23.4 Å². The topological polar surface area (TPSA) is 95.5 Å². The van der Waals surface area contributed by atoms with Gasteiger partial charge in [-0.2, -0.15) is 8.42 Å². The standard InChI is InChI=1S/C31H39N5O3S/c1-30(2,3)25-18-16-23-28(32-25)36-20-21(19-31(36,4)5)15-17-24(22-11-8-7-9-12-22)35(6)26-13-10-14-27(33-26)40(38,39)34-29(23)37/h7-14,16,18,21,24H,15,17,19-20H2,1-6H3,(H,34,37)/t21-,24?/m0/s1. The highest BCUT2D eigenvalue weighted by Gasteiger charge is 2.41. The highest BCUT2D eigenvalue weighted by Crippen LogP contribution is 2.42. The number of nitrogens with one attached hydrogen (secondary N) is 1. The van der Waals surface area contributed by atoms with E-state index in [2.05, 4.69) is 61.4 Å². The van der Waals surface area contributed by atoms with E-state index in [1.54, 1.807) is 12.1 Å². The zero-order chi connectivity index (χ0) is 28.9. The quantitative estimate of drug-likeness (QED) is 0.421. The summed E-state index contributed by atoms with van der Waals surface area (Å²) in [5.41, 5.74) is 1.73. The second-order valence-electron chi connectivity index (χ2n) is 12.7. The maximum absolute atomic E-state index is 13.6. The molecule has 40 heavy (non-hydrogen) atoms. The van der Waals surface area contributed by atoms with Crippen LogP contribution < -0.4 is 14.5 Å². The number of carbonyl (C=O) groups is 1. The Hall–Kier alpha value is -3.46. The third-order valence-corrected chi connectivity index (χ3v) is 9.41. The minimum atomic E-state index is -4.24. The summed E-state index contributed by atoms with van der Waals surface area (Å²) < 4.78 is 29.2. The van der Waals surface area contributed by atoms with Gasteiger partial charge in [-0.05, 0) is 68.9 Å². The molecule has 1 unspecified atom stereocenters. The number of nitrogens with zero attached hydrogens (tertiary/aromatic N) is 4. The monoisotopic (exact) mass is 561 g/mol. The van der Waals surface area contributed by atoms with Gasteiger partial charge in [-0.15, -0.1) is 0 Å². The van der Waals surface area contributed by atoms with E-state index in [-0.39, 0.29) is 27.6 Å². The molecule has 3 aromatic rings. The summed E-state index contributed by atoms with van der Waals surface area (Å²) in [5, 5.41) is -0.199. The molecule has 2 aliphatic heterocycles. The molecule has 2 aliphatic rings. The maximum atomic E-state index is 13.6. The number of pyridine rings is 2. The van der Waals surface area contributed by atoms with Crippen LogP contribution >= 0.6 is 0 Å². The lowest BCUT2D eigenvalue weighted by Gasteiger charge is -2.34. The highest BCUT2D eigenvalue weighted by molar-refractivity contribution is 7.90. The molecule has 4 heterocycles. The molecular weight excluding hydrogens is 522 g/mol. The molecular formula is C31H39N5O3S. The van der Waals surface area contributed by atoms with Crippen LogP contribution in [-0.4, -0.2) is 43.4 Å². The predicted molar refractivity (Wildman–Crippen MR) is 158 cm³/mol. The van der Waals surface area contributed by atoms with Crippen molar-refractivity contribution in [3.8, 4) is 0 Å². The largest absolute Gasteiger partial charge is 0.353 e. The lowest BCUT2D eigenvalue weighted by Crippen LogP contribution is -2.41.